The average Bonchev–Trinajstić information content (AvgIpc) is 2.26. The molecule has 2 aromatic rings. The highest BCUT2D eigenvalue weighted by molar-refractivity contribution is 5.63. The van der Waals surface area contributed by atoms with Gasteiger partial charge in [-0.05, 0) is 30.7 Å². The van der Waals surface area contributed by atoms with Gasteiger partial charge in [0.25, 0.3) is 0 Å². The van der Waals surface area contributed by atoms with Crippen molar-refractivity contribution in [3.63, 3.8) is 0 Å². The van der Waals surface area contributed by atoms with E-state index in [1.165, 1.54) is 6.07 Å². The molecule has 0 amide bonds. The summed E-state index contributed by atoms with van der Waals surface area (Å²) >= 11 is 0. The van der Waals surface area contributed by atoms with Crippen molar-refractivity contribution in [1.82, 2.24) is 9.97 Å². The first kappa shape index (κ1) is 10.5. The number of hydrogen-bond donors (Lipinski definition) is 1. The number of nitrogens with zero attached hydrogens (tertiary/aromatic N) is 2. The van der Waals surface area contributed by atoms with Crippen LogP contribution in [0, 0.1) is 18.6 Å². The number of rotatable bonds is 1. The third-order valence-electron chi connectivity index (χ3n) is 2.18. The van der Waals surface area contributed by atoms with E-state index in [2.05, 4.69) is 9.97 Å². The van der Waals surface area contributed by atoms with Crippen LogP contribution in [0.1, 0.15) is 5.56 Å². The fraction of sp³-hybridized carbons (Fsp3) is 0.0909. The van der Waals surface area contributed by atoms with Crippen molar-refractivity contribution in [3.05, 3.63) is 41.6 Å². The van der Waals surface area contributed by atoms with Crippen LogP contribution in [0.15, 0.2) is 24.4 Å². The van der Waals surface area contributed by atoms with Gasteiger partial charge in [0, 0.05) is 11.8 Å². The molecule has 0 bridgehead atoms. The van der Waals surface area contributed by atoms with Gasteiger partial charge in [0.15, 0.2) is 11.6 Å². The smallest absolute Gasteiger partial charge is 0.220 e. The standard InChI is InChI=1S/C11H9F2N3/c1-6-5-15-11(14)16-10(6)7-2-3-8(12)9(13)4-7/h2-5H,1H3,(H2,14,15,16). The summed E-state index contributed by atoms with van der Waals surface area (Å²) in [7, 11) is 0. The predicted molar refractivity (Wildman–Crippen MR) is 56.5 cm³/mol. The minimum atomic E-state index is -0.908. The third-order valence-corrected chi connectivity index (χ3v) is 2.18. The summed E-state index contributed by atoms with van der Waals surface area (Å²) < 4.78 is 25.8. The maximum Gasteiger partial charge on any atom is 0.220 e. The molecule has 3 nitrogen and oxygen atoms in total. The Morgan fingerprint density at radius 1 is 1.19 bits per heavy atom. The average molecular weight is 221 g/mol. The van der Waals surface area contributed by atoms with Crippen molar-refractivity contribution in [2.45, 2.75) is 6.92 Å². The van der Waals surface area contributed by atoms with E-state index < -0.39 is 11.6 Å². The lowest BCUT2D eigenvalue weighted by Gasteiger charge is -2.05. The summed E-state index contributed by atoms with van der Waals surface area (Å²) in [5.74, 6) is -1.69. The van der Waals surface area contributed by atoms with Crippen molar-refractivity contribution in [3.8, 4) is 11.3 Å². The van der Waals surface area contributed by atoms with Gasteiger partial charge in [-0.15, -0.1) is 0 Å². The van der Waals surface area contributed by atoms with Crippen LogP contribution in [-0.2, 0) is 0 Å². The van der Waals surface area contributed by atoms with E-state index in [0.717, 1.165) is 17.7 Å². The molecule has 0 spiro atoms. The number of benzene rings is 1. The molecule has 0 atom stereocenters. The Morgan fingerprint density at radius 3 is 2.62 bits per heavy atom. The first-order valence-electron chi connectivity index (χ1n) is 4.62. The summed E-state index contributed by atoms with van der Waals surface area (Å²) in [6.07, 6.45) is 1.54. The van der Waals surface area contributed by atoms with Gasteiger partial charge in [-0.25, -0.2) is 18.7 Å². The first-order valence-corrected chi connectivity index (χ1v) is 4.62. The molecule has 2 N–H and O–H groups in total. The minimum absolute atomic E-state index is 0.102. The second-order valence-corrected chi connectivity index (χ2v) is 3.39. The highest BCUT2D eigenvalue weighted by Crippen LogP contribution is 2.22. The van der Waals surface area contributed by atoms with Gasteiger partial charge in [0.2, 0.25) is 5.95 Å². The topological polar surface area (TPSA) is 51.8 Å². The Morgan fingerprint density at radius 2 is 1.94 bits per heavy atom. The van der Waals surface area contributed by atoms with Crippen LogP contribution in [0.2, 0.25) is 0 Å². The summed E-state index contributed by atoms with van der Waals surface area (Å²) in [6, 6.07) is 3.60. The molecule has 2 rings (SSSR count). The molecule has 1 aromatic carbocycles. The predicted octanol–water partition coefficient (Wildman–Crippen LogP) is 2.31. The van der Waals surface area contributed by atoms with Crippen molar-refractivity contribution in [2.75, 3.05) is 5.73 Å². The van der Waals surface area contributed by atoms with E-state index in [-0.39, 0.29) is 5.95 Å². The largest absolute Gasteiger partial charge is 0.368 e. The quantitative estimate of drug-likeness (QED) is 0.803. The van der Waals surface area contributed by atoms with E-state index in [4.69, 9.17) is 5.73 Å². The number of hydrogen-bond acceptors (Lipinski definition) is 3. The zero-order chi connectivity index (χ0) is 11.7. The Labute approximate surface area is 91.0 Å². The lowest BCUT2D eigenvalue weighted by atomic mass is 10.1. The maximum absolute atomic E-state index is 13.0. The number of anilines is 1. The Balaban J connectivity index is 2.58. The molecule has 1 heterocycles. The molecule has 0 aliphatic carbocycles. The molecule has 82 valence electrons. The molecule has 1 aromatic heterocycles. The van der Waals surface area contributed by atoms with Gasteiger partial charge in [-0.3, -0.25) is 0 Å². The monoisotopic (exact) mass is 221 g/mol. The fourth-order valence-electron chi connectivity index (χ4n) is 1.39. The van der Waals surface area contributed by atoms with Crippen LogP contribution in [-0.4, -0.2) is 9.97 Å². The zero-order valence-electron chi connectivity index (χ0n) is 8.54. The molecule has 0 fully saturated rings. The number of nitrogen functional groups attached to an aromatic ring is 1. The van der Waals surface area contributed by atoms with E-state index in [1.807, 2.05) is 0 Å². The fourth-order valence-corrected chi connectivity index (χ4v) is 1.39. The van der Waals surface area contributed by atoms with Crippen LogP contribution in [0.25, 0.3) is 11.3 Å². The normalized spacial score (nSPS) is 10.4. The van der Waals surface area contributed by atoms with E-state index >= 15 is 0 Å². The molecule has 0 saturated heterocycles. The van der Waals surface area contributed by atoms with Gasteiger partial charge in [0.05, 0.1) is 5.69 Å². The number of aromatic nitrogens is 2. The minimum Gasteiger partial charge on any atom is -0.368 e. The molecule has 16 heavy (non-hydrogen) atoms. The van der Waals surface area contributed by atoms with Crippen LogP contribution in [0.3, 0.4) is 0 Å². The molecule has 0 saturated carbocycles. The highest BCUT2D eigenvalue weighted by Gasteiger charge is 2.08. The van der Waals surface area contributed by atoms with Crippen molar-refractivity contribution in [1.29, 1.82) is 0 Å². The number of halogens is 2. The Hall–Kier alpha value is -2.04. The van der Waals surface area contributed by atoms with Crippen LogP contribution in [0.5, 0.6) is 0 Å². The molecule has 0 aliphatic rings. The summed E-state index contributed by atoms with van der Waals surface area (Å²) in [5, 5.41) is 0. The maximum atomic E-state index is 13.0. The lowest BCUT2D eigenvalue weighted by molar-refractivity contribution is 0.509. The Bertz CT molecular complexity index is 541. The van der Waals surface area contributed by atoms with E-state index in [1.54, 1.807) is 13.1 Å². The van der Waals surface area contributed by atoms with Gasteiger partial charge in [-0.2, -0.15) is 0 Å². The lowest BCUT2D eigenvalue weighted by Crippen LogP contribution is -1.98. The summed E-state index contributed by atoms with van der Waals surface area (Å²) in [6.45, 7) is 1.77. The third kappa shape index (κ3) is 1.84. The molecule has 0 unspecified atom stereocenters. The molecular weight excluding hydrogens is 212 g/mol. The molecule has 0 radical (unpaired) electrons. The number of nitrogens with two attached hydrogens (primary N) is 1. The van der Waals surface area contributed by atoms with Crippen LogP contribution in [0.4, 0.5) is 14.7 Å². The van der Waals surface area contributed by atoms with Crippen LogP contribution >= 0.6 is 0 Å². The first-order chi connectivity index (χ1) is 7.58. The van der Waals surface area contributed by atoms with E-state index in [9.17, 15) is 8.78 Å². The van der Waals surface area contributed by atoms with E-state index in [0.29, 0.717) is 11.3 Å². The molecule has 0 aliphatic heterocycles. The van der Waals surface area contributed by atoms with Gasteiger partial charge < -0.3 is 5.73 Å². The zero-order valence-corrected chi connectivity index (χ0v) is 8.54. The van der Waals surface area contributed by atoms with Crippen LogP contribution < -0.4 is 5.73 Å². The van der Waals surface area contributed by atoms with Crippen molar-refractivity contribution >= 4 is 5.95 Å². The summed E-state index contributed by atoms with van der Waals surface area (Å²) in [5.41, 5.74) is 7.18. The SMILES string of the molecule is Cc1cnc(N)nc1-c1ccc(F)c(F)c1. The highest BCUT2D eigenvalue weighted by atomic mass is 19.2. The number of aryl methyl sites for hydroxylation is 1. The molecule has 5 heteroatoms. The summed E-state index contributed by atoms with van der Waals surface area (Å²) in [4.78, 5) is 7.79. The second-order valence-electron chi connectivity index (χ2n) is 3.39. The van der Waals surface area contributed by atoms with Gasteiger partial charge in [0.1, 0.15) is 0 Å². The van der Waals surface area contributed by atoms with Gasteiger partial charge >= 0.3 is 0 Å². The molecular formula is C11H9F2N3. The Kier molecular flexibility index (Phi) is 2.52. The van der Waals surface area contributed by atoms with Gasteiger partial charge in [-0.1, -0.05) is 0 Å². The van der Waals surface area contributed by atoms with Crippen molar-refractivity contribution < 1.29 is 8.78 Å². The second kappa shape index (κ2) is 3.84. The van der Waals surface area contributed by atoms with Crippen molar-refractivity contribution in [2.24, 2.45) is 0 Å².